The first-order valence-electron chi connectivity index (χ1n) is 9.02. The van der Waals surface area contributed by atoms with Crippen LogP contribution in [0.4, 0.5) is 6.01 Å². The highest BCUT2D eigenvalue weighted by Gasteiger charge is 2.28. The van der Waals surface area contributed by atoms with E-state index in [1.807, 2.05) is 18.0 Å². The number of carbonyl (C=O) groups excluding carboxylic acids is 1. The van der Waals surface area contributed by atoms with E-state index in [0.29, 0.717) is 36.1 Å². The molecule has 1 saturated heterocycles. The van der Waals surface area contributed by atoms with Crippen LogP contribution < -0.4 is 10.2 Å². The maximum Gasteiger partial charge on any atom is 0.298 e. The lowest BCUT2D eigenvalue weighted by molar-refractivity contribution is -0.125. The molecule has 1 aliphatic heterocycles. The highest BCUT2D eigenvalue weighted by Crippen LogP contribution is 2.27. The number of amides is 1. The number of anilines is 1. The van der Waals surface area contributed by atoms with Crippen LogP contribution in [0, 0.1) is 5.92 Å². The van der Waals surface area contributed by atoms with E-state index in [0.717, 1.165) is 30.7 Å². The van der Waals surface area contributed by atoms with E-state index in [1.165, 1.54) is 6.33 Å². The monoisotopic (exact) mass is 388 g/mol. The normalized spacial score (nSPS) is 17.4. The molecule has 1 amide bonds. The third-order valence-corrected chi connectivity index (χ3v) is 5.09. The molecule has 4 rings (SSSR count). The number of benzene rings is 1. The first-order valence-corrected chi connectivity index (χ1v) is 9.39. The minimum atomic E-state index is -0.0863. The Morgan fingerprint density at radius 3 is 3.15 bits per heavy atom. The molecule has 1 aromatic carbocycles. The van der Waals surface area contributed by atoms with E-state index in [2.05, 4.69) is 20.4 Å². The van der Waals surface area contributed by atoms with Gasteiger partial charge in [0, 0.05) is 38.1 Å². The molecule has 27 heavy (non-hydrogen) atoms. The molecule has 1 N–H and O–H groups in total. The predicted octanol–water partition coefficient (Wildman–Crippen LogP) is 2.18. The van der Waals surface area contributed by atoms with Gasteiger partial charge < -0.3 is 14.6 Å². The highest BCUT2D eigenvalue weighted by atomic mass is 35.5. The van der Waals surface area contributed by atoms with Gasteiger partial charge in [-0.15, -0.1) is 0 Å². The molecule has 0 bridgehead atoms. The summed E-state index contributed by atoms with van der Waals surface area (Å²) < 4.78 is 7.56. The molecule has 2 aromatic heterocycles. The molecule has 0 aliphatic carbocycles. The van der Waals surface area contributed by atoms with Gasteiger partial charge in [-0.1, -0.05) is 11.6 Å². The van der Waals surface area contributed by atoms with E-state index in [-0.39, 0.29) is 11.8 Å². The number of fused-ring (bicyclic) bond motifs is 1. The van der Waals surface area contributed by atoms with Gasteiger partial charge in [0.05, 0.1) is 5.92 Å². The van der Waals surface area contributed by atoms with E-state index in [4.69, 9.17) is 16.0 Å². The van der Waals surface area contributed by atoms with E-state index in [9.17, 15) is 4.79 Å². The number of halogens is 1. The molecule has 0 spiro atoms. The van der Waals surface area contributed by atoms with Crippen LogP contribution in [-0.2, 0) is 18.3 Å². The van der Waals surface area contributed by atoms with Crippen molar-refractivity contribution in [2.24, 2.45) is 13.0 Å². The van der Waals surface area contributed by atoms with Gasteiger partial charge in [-0.2, -0.15) is 10.1 Å². The Kier molecular flexibility index (Phi) is 4.98. The molecule has 0 radical (unpaired) electrons. The maximum absolute atomic E-state index is 12.6. The Hall–Kier alpha value is -2.61. The maximum atomic E-state index is 12.6. The van der Waals surface area contributed by atoms with Crippen LogP contribution in [0.1, 0.15) is 18.7 Å². The molecular formula is C18H21ClN6O2. The Labute approximate surface area is 161 Å². The minimum Gasteiger partial charge on any atom is -0.423 e. The molecule has 0 saturated carbocycles. The number of aryl methyl sites for hydroxylation is 1. The Balaban J connectivity index is 1.36. The van der Waals surface area contributed by atoms with Crippen LogP contribution in [0.3, 0.4) is 0 Å². The number of rotatable bonds is 5. The second kappa shape index (κ2) is 7.56. The average molecular weight is 389 g/mol. The smallest absolute Gasteiger partial charge is 0.298 e. The van der Waals surface area contributed by atoms with Crippen LogP contribution in [0.2, 0.25) is 5.02 Å². The molecule has 1 fully saturated rings. The molecule has 8 nitrogen and oxygen atoms in total. The average Bonchev–Trinajstić information content (AvgIpc) is 3.27. The van der Waals surface area contributed by atoms with Crippen molar-refractivity contribution < 1.29 is 9.21 Å². The zero-order chi connectivity index (χ0) is 18.8. The lowest BCUT2D eigenvalue weighted by Gasteiger charge is -2.30. The fraction of sp³-hybridized carbons (Fsp3) is 0.444. The molecular weight excluding hydrogens is 368 g/mol. The highest BCUT2D eigenvalue weighted by molar-refractivity contribution is 6.31. The minimum absolute atomic E-state index is 0.0565. The van der Waals surface area contributed by atoms with Crippen LogP contribution in [0.25, 0.3) is 11.1 Å². The first-order chi connectivity index (χ1) is 13.1. The number of oxazole rings is 1. The quantitative estimate of drug-likeness (QED) is 0.720. The summed E-state index contributed by atoms with van der Waals surface area (Å²) in [5, 5.41) is 7.67. The van der Waals surface area contributed by atoms with E-state index >= 15 is 0 Å². The number of piperidine rings is 1. The van der Waals surface area contributed by atoms with Crippen molar-refractivity contribution in [3.8, 4) is 0 Å². The van der Waals surface area contributed by atoms with Crippen LogP contribution in [0.15, 0.2) is 28.9 Å². The van der Waals surface area contributed by atoms with Crippen molar-refractivity contribution >= 4 is 34.6 Å². The fourth-order valence-electron chi connectivity index (χ4n) is 3.38. The summed E-state index contributed by atoms with van der Waals surface area (Å²) >= 11 is 6.02. The SMILES string of the molecule is Cn1ncnc1CCNC(=O)C1CCCN(c2nc3cc(Cl)ccc3o2)C1. The van der Waals surface area contributed by atoms with Gasteiger partial charge in [-0.05, 0) is 31.0 Å². The first kappa shape index (κ1) is 17.8. The summed E-state index contributed by atoms with van der Waals surface area (Å²) in [4.78, 5) is 23.3. The molecule has 3 aromatic rings. The lowest BCUT2D eigenvalue weighted by Crippen LogP contribution is -2.43. The zero-order valence-electron chi connectivity index (χ0n) is 15.1. The van der Waals surface area contributed by atoms with Crippen molar-refractivity contribution in [1.29, 1.82) is 0 Å². The van der Waals surface area contributed by atoms with Crippen LogP contribution >= 0.6 is 11.6 Å². The van der Waals surface area contributed by atoms with Crippen molar-refractivity contribution in [1.82, 2.24) is 25.1 Å². The fourth-order valence-corrected chi connectivity index (χ4v) is 3.54. The number of hydrogen-bond acceptors (Lipinski definition) is 6. The summed E-state index contributed by atoms with van der Waals surface area (Å²) in [5.41, 5.74) is 1.43. The Bertz CT molecular complexity index is 952. The standard InChI is InChI=1S/C18H21ClN6O2/c1-24-16(21-11-22-24)6-7-20-17(26)12-3-2-8-25(10-12)18-23-14-9-13(19)4-5-15(14)27-18/h4-5,9,11-12H,2-3,6-8,10H2,1H3,(H,20,26). The third-order valence-electron chi connectivity index (χ3n) is 4.85. The number of hydrogen-bond donors (Lipinski definition) is 1. The number of nitrogens with one attached hydrogen (secondary N) is 1. The molecule has 3 heterocycles. The molecule has 1 aliphatic rings. The van der Waals surface area contributed by atoms with Gasteiger partial charge in [0.2, 0.25) is 5.91 Å². The predicted molar refractivity (Wildman–Crippen MR) is 102 cm³/mol. The molecule has 142 valence electrons. The number of nitrogens with zero attached hydrogens (tertiary/aromatic N) is 5. The van der Waals surface area contributed by atoms with Gasteiger partial charge in [0.15, 0.2) is 5.58 Å². The van der Waals surface area contributed by atoms with E-state index < -0.39 is 0 Å². The van der Waals surface area contributed by atoms with E-state index in [1.54, 1.807) is 16.8 Å². The lowest BCUT2D eigenvalue weighted by atomic mass is 9.97. The topological polar surface area (TPSA) is 89.1 Å². The number of carbonyl (C=O) groups is 1. The summed E-state index contributed by atoms with van der Waals surface area (Å²) in [6.45, 7) is 1.96. The van der Waals surface area contributed by atoms with Gasteiger partial charge in [-0.3, -0.25) is 9.48 Å². The number of aromatic nitrogens is 4. The van der Waals surface area contributed by atoms with Crippen molar-refractivity contribution in [3.05, 3.63) is 35.4 Å². The summed E-state index contributed by atoms with van der Waals surface area (Å²) in [6, 6.07) is 5.92. The summed E-state index contributed by atoms with van der Waals surface area (Å²) in [6.07, 6.45) is 3.95. The van der Waals surface area contributed by atoms with Crippen molar-refractivity contribution in [2.75, 3.05) is 24.5 Å². The van der Waals surface area contributed by atoms with Gasteiger partial charge in [-0.25, -0.2) is 4.98 Å². The zero-order valence-corrected chi connectivity index (χ0v) is 15.8. The largest absolute Gasteiger partial charge is 0.423 e. The van der Waals surface area contributed by atoms with Gasteiger partial charge in [0.25, 0.3) is 6.01 Å². The molecule has 1 unspecified atom stereocenters. The second-order valence-corrected chi connectivity index (χ2v) is 7.17. The second-order valence-electron chi connectivity index (χ2n) is 6.73. The van der Waals surface area contributed by atoms with Gasteiger partial charge in [0.1, 0.15) is 17.7 Å². The Morgan fingerprint density at radius 1 is 1.44 bits per heavy atom. The van der Waals surface area contributed by atoms with Gasteiger partial charge >= 0.3 is 0 Å². The van der Waals surface area contributed by atoms with Crippen LogP contribution in [0.5, 0.6) is 0 Å². The van der Waals surface area contributed by atoms with Crippen LogP contribution in [-0.4, -0.2) is 45.3 Å². The molecule has 1 atom stereocenters. The molecule has 9 heteroatoms. The third kappa shape index (κ3) is 3.90. The van der Waals surface area contributed by atoms with Crippen molar-refractivity contribution in [2.45, 2.75) is 19.3 Å². The summed E-state index contributed by atoms with van der Waals surface area (Å²) in [7, 11) is 1.84. The summed E-state index contributed by atoms with van der Waals surface area (Å²) in [5.74, 6) is 0.823. The Morgan fingerprint density at radius 2 is 2.33 bits per heavy atom. The van der Waals surface area contributed by atoms with Crippen molar-refractivity contribution in [3.63, 3.8) is 0 Å².